The summed E-state index contributed by atoms with van der Waals surface area (Å²) in [5.41, 5.74) is 2.10. The molecular weight excluding hydrogens is 302 g/mol. The zero-order valence-corrected chi connectivity index (χ0v) is 13.4. The molecule has 0 aliphatic carbocycles. The highest BCUT2D eigenvalue weighted by atomic mass is 32.1. The first-order chi connectivity index (χ1) is 10.3. The summed E-state index contributed by atoms with van der Waals surface area (Å²) in [6.07, 6.45) is 0. The lowest BCUT2D eigenvalue weighted by molar-refractivity contribution is 0.621. The van der Waals surface area contributed by atoms with Gasteiger partial charge in [0.05, 0.1) is 11.7 Å². The molecule has 5 nitrogen and oxygen atoms in total. The van der Waals surface area contributed by atoms with Crippen LogP contribution in [0.25, 0.3) is 9.88 Å². The monoisotopic (exact) mass is 317 g/mol. The van der Waals surface area contributed by atoms with E-state index in [1.165, 1.54) is 17.1 Å². The van der Waals surface area contributed by atoms with Crippen molar-refractivity contribution < 1.29 is 0 Å². The second kappa shape index (κ2) is 6.38. The van der Waals surface area contributed by atoms with Gasteiger partial charge in [0.2, 0.25) is 0 Å². The maximum absolute atomic E-state index is 4.37. The molecule has 1 N–H and O–H groups in total. The molecule has 1 atom stereocenters. The summed E-state index contributed by atoms with van der Waals surface area (Å²) in [5.74, 6) is 0. The molecule has 3 aromatic rings. The fourth-order valence-corrected chi connectivity index (χ4v) is 3.78. The third-order valence-electron chi connectivity index (χ3n) is 3.07. The van der Waals surface area contributed by atoms with Crippen molar-refractivity contribution in [2.75, 3.05) is 6.54 Å². The Morgan fingerprint density at radius 3 is 2.62 bits per heavy atom. The van der Waals surface area contributed by atoms with Crippen molar-refractivity contribution in [1.82, 2.24) is 25.1 Å². The summed E-state index contributed by atoms with van der Waals surface area (Å²) in [6, 6.07) is 10.4. The van der Waals surface area contributed by atoms with E-state index in [0.717, 1.165) is 27.1 Å². The van der Waals surface area contributed by atoms with Gasteiger partial charge in [-0.2, -0.15) is 0 Å². The van der Waals surface area contributed by atoms with Gasteiger partial charge in [0.1, 0.15) is 9.88 Å². The predicted molar refractivity (Wildman–Crippen MR) is 85.5 cm³/mol. The third kappa shape index (κ3) is 2.99. The van der Waals surface area contributed by atoms with Crippen molar-refractivity contribution in [3.8, 4) is 9.88 Å². The Morgan fingerprint density at radius 2 is 1.95 bits per heavy atom. The van der Waals surface area contributed by atoms with Crippen LogP contribution in [0, 0.1) is 6.92 Å². The minimum atomic E-state index is 0.0728. The summed E-state index contributed by atoms with van der Waals surface area (Å²) < 4.78 is 3.96. The number of aryl methyl sites for hydroxylation is 1. The number of hydrogen-bond donors (Lipinski definition) is 1. The second-order valence-corrected chi connectivity index (χ2v) is 6.30. The van der Waals surface area contributed by atoms with E-state index in [9.17, 15) is 0 Å². The number of nitrogens with zero attached hydrogens (tertiary/aromatic N) is 4. The van der Waals surface area contributed by atoms with Crippen LogP contribution in [0.5, 0.6) is 0 Å². The van der Waals surface area contributed by atoms with E-state index in [-0.39, 0.29) is 6.04 Å². The van der Waals surface area contributed by atoms with Crippen LogP contribution in [-0.4, -0.2) is 26.3 Å². The van der Waals surface area contributed by atoms with E-state index in [2.05, 4.69) is 44.2 Å². The number of benzene rings is 1. The quantitative estimate of drug-likeness (QED) is 0.783. The Balaban J connectivity index is 1.94. The number of hydrogen-bond acceptors (Lipinski definition) is 7. The van der Waals surface area contributed by atoms with Gasteiger partial charge in [0, 0.05) is 0 Å². The lowest BCUT2D eigenvalue weighted by Crippen LogP contribution is -2.21. The van der Waals surface area contributed by atoms with Crippen LogP contribution in [0.4, 0.5) is 0 Å². The highest BCUT2D eigenvalue weighted by Gasteiger charge is 2.20. The first-order valence-electron chi connectivity index (χ1n) is 6.70. The van der Waals surface area contributed by atoms with Crippen molar-refractivity contribution in [2.45, 2.75) is 19.9 Å². The molecule has 7 heteroatoms. The summed E-state index contributed by atoms with van der Waals surface area (Å²) in [4.78, 5) is 1.00. The number of rotatable bonds is 5. The summed E-state index contributed by atoms with van der Waals surface area (Å²) in [5, 5.41) is 18.0. The molecule has 108 valence electrons. The Morgan fingerprint density at radius 1 is 1.14 bits per heavy atom. The normalized spacial score (nSPS) is 12.5. The van der Waals surface area contributed by atoms with E-state index >= 15 is 0 Å². The van der Waals surface area contributed by atoms with Crippen LogP contribution >= 0.6 is 22.9 Å². The molecule has 2 aromatic heterocycles. The molecule has 1 unspecified atom stereocenters. The molecule has 0 radical (unpaired) electrons. The number of nitrogens with one attached hydrogen (secondary N) is 1. The van der Waals surface area contributed by atoms with Gasteiger partial charge in [0.25, 0.3) is 0 Å². The molecule has 0 spiro atoms. The minimum Gasteiger partial charge on any atom is -0.304 e. The highest BCUT2D eigenvalue weighted by molar-refractivity contribution is 7.19. The SMILES string of the molecule is CCNC(c1ccccc1)c1nnc(-c2snnc2C)s1. The first kappa shape index (κ1) is 14.2. The van der Waals surface area contributed by atoms with Crippen LogP contribution in [0.1, 0.15) is 29.2 Å². The van der Waals surface area contributed by atoms with Gasteiger partial charge < -0.3 is 5.32 Å². The molecule has 21 heavy (non-hydrogen) atoms. The Labute approximate surface area is 131 Å². The fourth-order valence-electron chi connectivity index (χ4n) is 2.07. The maximum Gasteiger partial charge on any atom is 0.161 e. The Kier molecular flexibility index (Phi) is 4.33. The van der Waals surface area contributed by atoms with Gasteiger partial charge in [-0.3, -0.25) is 0 Å². The first-order valence-corrected chi connectivity index (χ1v) is 8.29. The standard InChI is InChI=1S/C14H15N5S2/c1-3-15-11(10-7-5-4-6-8-10)13-17-18-14(20-13)12-9(2)16-19-21-12/h4-8,11,15H,3H2,1-2H3. The van der Waals surface area contributed by atoms with Crippen molar-refractivity contribution in [1.29, 1.82) is 0 Å². The van der Waals surface area contributed by atoms with E-state index in [0.29, 0.717) is 0 Å². The van der Waals surface area contributed by atoms with Gasteiger partial charge in [-0.1, -0.05) is 53.1 Å². The van der Waals surface area contributed by atoms with E-state index in [1.807, 2.05) is 25.1 Å². The topological polar surface area (TPSA) is 63.6 Å². The maximum atomic E-state index is 4.37. The zero-order valence-electron chi connectivity index (χ0n) is 11.8. The molecular formula is C14H15N5S2. The molecule has 0 fully saturated rings. The van der Waals surface area contributed by atoms with E-state index in [1.54, 1.807) is 11.3 Å². The summed E-state index contributed by atoms with van der Waals surface area (Å²) >= 11 is 2.96. The lowest BCUT2D eigenvalue weighted by atomic mass is 10.1. The van der Waals surface area contributed by atoms with Gasteiger partial charge in [-0.15, -0.1) is 15.3 Å². The van der Waals surface area contributed by atoms with Crippen LogP contribution in [-0.2, 0) is 0 Å². The lowest BCUT2D eigenvalue weighted by Gasteiger charge is -2.14. The second-order valence-electron chi connectivity index (χ2n) is 4.53. The molecule has 0 bridgehead atoms. The van der Waals surface area contributed by atoms with Gasteiger partial charge in [-0.25, -0.2) is 0 Å². The smallest absolute Gasteiger partial charge is 0.161 e. The Bertz CT molecular complexity index is 707. The molecule has 0 saturated heterocycles. The molecule has 3 rings (SSSR count). The highest BCUT2D eigenvalue weighted by Crippen LogP contribution is 2.32. The van der Waals surface area contributed by atoms with Crippen LogP contribution in [0.2, 0.25) is 0 Å². The van der Waals surface area contributed by atoms with Gasteiger partial charge in [-0.05, 0) is 30.6 Å². The van der Waals surface area contributed by atoms with Crippen LogP contribution in [0.3, 0.4) is 0 Å². The van der Waals surface area contributed by atoms with E-state index in [4.69, 9.17) is 0 Å². The molecule has 2 heterocycles. The summed E-state index contributed by atoms with van der Waals surface area (Å²) in [6.45, 7) is 4.91. The average molecular weight is 317 g/mol. The van der Waals surface area contributed by atoms with Crippen molar-refractivity contribution in [2.24, 2.45) is 0 Å². The van der Waals surface area contributed by atoms with Crippen molar-refractivity contribution in [3.63, 3.8) is 0 Å². The van der Waals surface area contributed by atoms with Gasteiger partial charge in [0.15, 0.2) is 5.01 Å². The molecule has 0 saturated carbocycles. The predicted octanol–water partition coefficient (Wildman–Crippen LogP) is 3.06. The average Bonchev–Trinajstić information content (AvgIpc) is 3.14. The molecule has 1 aromatic carbocycles. The Hall–Kier alpha value is -1.70. The van der Waals surface area contributed by atoms with E-state index < -0.39 is 0 Å². The fraction of sp³-hybridized carbons (Fsp3) is 0.286. The summed E-state index contributed by atoms with van der Waals surface area (Å²) in [7, 11) is 0. The molecule has 0 amide bonds. The number of aromatic nitrogens is 4. The molecule has 0 aliphatic heterocycles. The largest absolute Gasteiger partial charge is 0.304 e. The van der Waals surface area contributed by atoms with Gasteiger partial charge >= 0.3 is 0 Å². The molecule has 0 aliphatic rings. The van der Waals surface area contributed by atoms with Crippen LogP contribution in [0.15, 0.2) is 30.3 Å². The third-order valence-corrected chi connectivity index (χ3v) is 5.04. The zero-order chi connectivity index (χ0) is 14.7. The van der Waals surface area contributed by atoms with Crippen molar-refractivity contribution >= 4 is 22.9 Å². The van der Waals surface area contributed by atoms with Crippen molar-refractivity contribution in [3.05, 3.63) is 46.6 Å². The van der Waals surface area contributed by atoms with Crippen LogP contribution < -0.4 is 5.32 Å². The minimum absolute atomic E-state index is 0.0728.